The van der Waals surface area contributed by atoms with Gasteiger partial charge in [0.2, 0.25) is 5.91 Å². The minimum absolute atomic E-state index is 0.0404. The van der Waals surface area contributed by atoms with Crippen LogP contribution in [0.25, 0.3) is 0 Å². The van der Waals surface area contributed by atoms with Crippen LogP contribution in [0.15, 0.2) is 0 Å². The molecule has 2 N–H and O–H groups in total. The van der Waals surface area contributed by atoms with E-state index in [1.54, 1.807) is 4.90 Å². The minimum Gasteiger partial charge on any atom is -0.481 e. The first-order chi connectivity index (χ1) is 10.1. The Hall–Kier alpha value is -0.790. The Morgan fingerprint density at radius 2 is 2.24 bits per heavy atom. The van der Waals surface area contributed by atoms with Gasteiger partial charge in [0.1, 0.15) is 5.92 Å². The van der Waals surface area contributed by atoms with Gasteiger partial charge in [-0.05, 0) is 6.42 Å². The molecule has 2 saturated heterocycles. The van der Waals surface area contributed by atoms with Crippen LogP contribution in [0.2, 0.25) is 0 Å². The summed E-state index contributed by atoms with van der Waals surface area (Å²) in [5, 5.41) is 12.6. The van der Waals surface area contributed by atoms with Crippen LogP contribution in [0.3, 0.4) is 0 Å². The van der Waals surface area contributed by atoms with Crippen molar-refractivity contribution in [3.63, 3.8) is 0 Å². The molecule has 7 heteroatoms. The topological polar surface area (TPSA) is 78.9 Å². The number of rotatable bonds is 6. The van der Waals surface area contributed by atoms with Gasteiger partial charge in [-0.1, -0.05) is 6.92 Å². The monoisotopic (exact) mass is 316 g/mol. The number of thioether (sulfide) groups is 1. The van der Waals surface area contributed by atoms with Gasteiger partial charge < -0.3 is 20.1 Å². The van der Waals surface area contributed by atoms with Crippen LogP contribution in [0.1, 0.15) is 19.8 Å². The molecule has 2 aliphatic heterocycles. The molecule has 3 atom stereocenters. The van der Waals surface area contributed by atoms with E-state index in [4.69, 9.17) is 4.74 Å². The van der Waals surface area contributed by atoms with Crippen molar-refractivity contribution in [1.82, 2.24) is 10.2 Å². The molecule has 2 fully saturated rings. The Labute approximate surface area is 129 Å². The number of hydrogen-bond donors (Lipinski definition) is 2. The fourth-order valence-corrected chi connectivity index (χ4v) is 3.83. The molecule has 0 saturated carbocycles. The number of nitrogens with zero attached hydrogens (tertiary/aromatic N) is 1. The van der Waals surface area contributed by atoms with E-state index in [2.05, 4.69) is 5.32 Å². The third-order valence-electron chi connectivity index (χ3n) is 3.97. The van der Waals surface area contributed by atoms with Gasteiger partial charge in [-0.25, -0.2) is 0 Å². The normalized spacial score (nSPS) is 29.3. The van der Waals surface area contributed by atoms with Crippen molar-refractivity contribution in [2.45, 2.75) is 31.8 Å². The van der Waals surface area contributed by atoms with E-state index in [1.165, 1.54) is 0 Å². The van der Waals surface area contributed by atoms with E-state index >= 15 is 0 Å². The Kier molecular flexibility index (Phi) is 6.32. The molecule has 3 unspecified atom stereocenters. The number of hydrogen-bond acceptors (Lipinski definition) is 5. The lowest BCUT2D eigenvalue weighted by atomic mass is 10.0. The van der Waals surface area contributed by atoms with Crippen LogP contribution in [-0.4, -0.2) is 71.8 Å². The Bertz CT molecular complexity index is 374. The summed E-state index contributed by atoms with van der Waals surface area (Å²) in [6.45, 7) is 4.05. The van der Waals surface area contributed by atoms with Crippen molar-refractivity contribution in [1.29, 1.82) is 0 Å². The first-order valence-corrected chi connectivity index (χ1v) is 8.70. The summed E-state index contributed by atoms with van der Waals surface area (Å²) in [5.74, 6) is 0.585. The van der Waals surface area contributed by atoms with Crippen molar-refractivity contribution in [2.75, 3.05) is 37.8 Å². The molecule has 0 bridgehead atoms. The van der Waals surface area contributed by atoms with Gasteiger partial charge in [-0.2, -0.15) is 11.8 Å². The summed E-state index contributed by atoms with van der Waals surface area (Å²) < 4.78 is 5.30. The van der Waals surface area contributed by atoms with Crippen molar-refractivity contribution >= 4 is 23.6 Å². The average Bonchev–Trinajstić information content (AvgIpc) is 2.95. The van der Waals surface area contributed by atoms with E-state index in [-0.39, 0.29) is 24.6 Å². The second-order valence-corrected chi connectivity index (χ2v) is 6.72. The van der Waals surface area contributed by atoms with Gasteiger partial charge in [0.15, 0.2) is 0 Å². The molecule has 0 aromatic heterocycles. The smallest absolute Gasteiger partial charge is 0.311 e. The van der Waals surface area contributed by atoms with Crippen LogP contribution in [0, 0.1) is 5.92 Å². The summed E-state index contributed by atoms with van der Waals surface area (Å²) in [5.41, 5.74) is 0. The van der Waals surface area contributed by atoms with Crippen molar-refractivity contribution in [3.05, 3.63) is 0 Å². The molecular weight excluding hydrogens is 292 g/mol. The number of amides is 1. The summed E-state index contributed by atoms with van der Waals surface area (Å²) in [7, 11) is 0. The van der Waals surface area contributed by atoms with E-state index in [1.807, 2.05) is 18.7 Å². The molecule has 1 amide bonds. The van der Waals surface area contributed by atoms with Gasteiger partial charge in [0.05, 0.1) is 19.3 Å². The minimum atomic E-state index is -0.877. The molecule has 6 nitrogen and oxygen atoms in total. The van der Waals surface area contributed by atoms with E-state index < -0.39 is 11.9 Å². The maximum absolute atomic E-state index is 12.6. The Balaban J connectivity index is 1.99. The van der Waals surface area contributed by atoms with Crippen LogP contribution in [0.5, 0.6) is 0 Å². The quantitative estimate of drug-likeness (QED) is 0.739. The molecule has 2 rings (SSSR count). The van der Waals surface area contributed by atoms with Gasteiger partial charge >= 0.3 is 5.97 Å². The van der Waals surface area contributed by atoms with E-state index in [0.717, 1.165) is 24.5 Å². The lowest BCUT2D eigenvalue weighted by Crippen LogP contribution is -2.49. The molecule has 0 aromatic carbocycles. The average molecular weight is 316 g/mol. The second-order valence-electron chi connectivity index (χ2n) is 5.57. The SMILES string of the molecule is CCCN(C(=O)CC1CSCCN1)C1COCC1C(=O)O. The predicted octanol–water partition coefficient (Wildman–Crippen LogP) is 0.420. The Morgan fingerprint density at radius 1 is 1.43 bits per heavy atom. The van der Waals surface area contributed by atoms with Crippen molar-refractivity contribution < 1.29 is 19.4 Å². The number of aliphatic carboxylic acids is 1. The van der Waals surface area contributed by atoms with Crippen molar-refractivity contribution in [3.8, 4) is 0 Å². The summed E-state index contributed by atoms with van der Waals surface area (Å²) in [4.78, 5) is 25.6. The number of ether oxygens (including phenoxy) is 1. The molecular formula is C14H24N2O4S. The van der Waals surface area contributed by atoms with Crippen LogP contribution >= 0.6 is 11.8 Å². The lowest BCUT2D eigenvalue weighted by Gasteiger charge is -2.32. The predicted molar refractivity (Wildman–Crippen MR) is 81.5 cm³/mol. The molecule has 0 aliphatic carbocycles. The maximum Gasteiger partial charge on any atom is 0.311 e. The van der Waals surface area contributed by atoms with Crippen LogP contribution < -0.4 is 5.32 Å². The van der Waals surface area contributed by atoms with E-state index in [0.29, 0.717) is 19.6 Å². The zero-order chi connectivity index (χ0) is 15.2. The van der Waals surface area contributed by atoms with Gasteiger partial charge in [0, 0.05) is 37.1 Å². The van der Waals surface area contributed by atoms with E-state index in [9.17, 15) is 14.7 Å². The zero-order valence-electron chi connectivity index (χ0n) is 12.4. The lowest BCUT2D eigenvalue weighted by molar-refractivity contribution is -0.145. The number of carboxylic acids is 1. The zero-order valence-corrected chi connectivity index (χ0v) is 13.2. The summed E-state index contributed by atoms with van der Waals surface area (Å²) >= 11 is 1.86. The molecule has 21 heavy (non-hydrogen) atoms. The first-order valence-electron chi connectivity index (χ1n) is 7.54. The largest absolute Gasteiger partial charge is 0.481 e. The highest BCUT2D eigenvalue weighted by Crippen LogP contribution is 2.22. The third kappa shape index (κ3) is 4.34. The van der Waals surface area contributed by atoms with Gasteiger partial charge in [0.25, 0.3) is 0 Å². The summed E-state index contributed by atoms with van der Waals surface area (Å²) in [6.07, 6.45) is 1.26. The summed E-state index contributed by atoms with van der Waals surface area (Å²) in [6, 6.07) is -0.132. The highest BCUT2D eigenvalue weighted by Gasteiger charge is 2.40. The standard InChI is InChI=1S/C14H24N2O4S/c1-2-4-16(12-8-20-7-11(12)14(18)19)13(17)6-10-9-21-5-3-15-10/h10-12,15H,2-9H2,1H3,(H,18,19). The fourth-order valence-electron chi connectivity index (χ4n) is 2.88. The van der Waals surface area contributed by atoms with Gasteiger partial charge in [-0.15, -0.1) is 0 Å². The number of carbonyl (C=O) groups is 2. The molecule has 120 valence electrons. The maximum atomic E-state index is 12.6. The van der Waals surface area contributed by atoms with Gasteiger partial charge in [-0.3, -0.25) is 9.59 Å². The second kappa shape index (κ2) is 8.00. The molecule has 2 aliphatic rings. The molecule has 0 spiro atoms. The molecule has 0 aromatic rings. The fraction of sp³-hybridized carbons (Fsp3) is 0.857. The van der Waals surface area contributed by atoms with Crippen molar-refractivity contribution in [2.24, 2.45) is 5.92 Å². The molecule has 2 heterocycles. The molecule has 0 radical (unpaired) electrons. The number of carbonyl (C=O) groups excluding carboxylic acids is 1. The van der Waals surface area contributed by atoms with Crippen LogP contribution in [-0.2, 0) is 14.3 Å². The third-order valence-corrected chi connectivity index (χ3v) is 5.10. The highest BCUT2D eigenvalue weighted by molar-refractivity contribution is 7.99. The first kappa shape index (κ1) is 16.6. The Morgan fingerprint density at radius 3 is 2.86 bits per heavy atom. The highest BCUT2D eigenvalue weighted by atomic mass is 32.2. The number of carboxylic acid groups (broad SMARTS) is 1. The number of nitrogens with one attached hydrogen (secondary N) is 1. The van der Waals surface area contributed by atoms with Crippen LogP contribution in [0.4, 0.5) is 0 Å².